The molecule has 0 aromatic heterocycles. The number of hydroxylamine groups is 1. The molecule has 0 unspecified atom stereocenters. The molecule has 0 atom stereocenters. The van der Waals surface area contributed by atoms with Crippen LogP contribution in [0.15, 0.2) is 23.1 Å². The summed E-state index contributed by atoms with van der Waals surface area (Å²) in [4.78, 5) is 16.3. The molecule has 0 aliphatic carbocycles. The highest BCUT2D eigenvalue weighted by Crippen LogP contribution is 2.29. The minimum Gasteiger partial charge on any atom is -0.277 e. The first-order chi connectivity index (χ1) is 7.13. The van der Waals surface area contributed by atoms with Crippen LogP contribution in [0.1, 0.15) is 0 Å². The van der Waals surface area contributed by atoms with Crippen molar-refractivity contribution in [3.05, 3.63) is 28.2 Å². The molecule has 15 heavy (non-hydrogen) atoms. The van der Waals surface area contributed by atoms with E-state index in [1.54, 1.807) is 18.2 Å². The average molecular weight is 266 g/mol. The number of nitrogens with one attached hydrogen (secondary N) is 1. The molecule has 0 fully saturated rings. The molecule has 0 heterocycles. The average Bonchev–Trinajstić information content (AvgIpc) is 2.20. The van der Waals surface area contributed by atoms with E-state index in [2.05, 4.69) is 10.3 Å². The second kappa shape index (κ2) is 6.23. The van der Waals surface area contributed by atoms with E-state index in [4.69, 9.17) is 23.2 Å². The summed E-state index contributed by atoms with van der Waals surface area (Å²) >= 11 is 13.0. The van der Waals surface area contributed by atoms with Crippen molar-refractivity contribution in [2.45, 2.75) is 4.90 Å². The number of rotatable bonds is 4. The maximum Gasteiger partial charge on any atom is 0.253 e. The lowest BCUT2D eigenvalue weighted by molar-refractivity contribution is -0.128. The van der Waals surface area contributed by atoms with Crippen molar-refractivity contribution < 1.29 is 9.63 Å². The first-order valence-corrected chi connectivity index (χ1v) is 5.77. The Hall–Kier alpha value is -0.420. The van der Waals surface area contributed by atoms with Gasteiger partial charge in [0.1, 0.15) is 0 Å². The fraction of sp³-hybridized carbons (Fsp3) is 0.222. The molecule has 0 aliphatic rings. The summed E-state index contributed by atoms with van der Waals surface area (Å²) in [6, 6.07) is 5.11. The fourth-order valence-corrected chi connectivity index (χ4v) is 2.15. The standard InChI is InChI=1S/C9H9Cl2NO2S/c1-14-12-9(13)5-15-8-4-6(10)2-3-7(8)11/h2-4H,5H2,1H3,(H,12,13). The Labute approximate surface area is 102 Å². The SMILES string of the molecule is CONC(=O)CSc1cc(Cl)ccc1Cl. The quantitative estimate of drug-likeness (QED) is 0.672. The van der Waals surface area contributed by atoms with E-state index in [1.807, 2.05) is 0 Å². The Morgan fingerprint density at radius 2 is 2.27 bits per heavy atom. The first-order valence-electron chi connectivity index (χ1n) is 4.03. The molecular weight excluding hydrogens is 257 g/mol. The molecule has 0 saturated carbocycles. The fourth-order valence-electron chi connectivity index (χ4n) is 0.874. The van der Waals surface area contributed by atoms with Gasteiger partial charge in [-0.05, 0) is 18.2 Å². The smallest absolute Gasteiger partial charge is 0.253 e. The van der Waals surface area contributed by atoms with Crippen molar-refractivity contribution in [2.75, 3.05) is 12.9 Å². The van der Waals surface area contributed by atoms with Gasteiger partial charge in [-0.25, -0.2) is 5.48 Å². The molecule has 0 aliphatic heterocycles. The zero-order valence-corrected chi connectivity index (χ0v) is 10.2. The van der Waals surface area contributed by atoms with Crippen LogP contribution in [0, 0.1) is 0 Å². The lowest BCUT2D eigenvalue weighted by atomic mass is 10.4. The number of thioether (sulfide) groups is 1. The van der Waals surface area contributed by atoms with Crippen LogP contribution in [0.3, 0.4) is 0 Å². The number of hydrogen-bond donors (Lipinski definition) is 1. The van der Waals surface area contributed by atoms with Gasteiger partial charge in [0.2, 0.25) is 0 Å². The lowest BCUT2D eigenvalue weighted by Crippen LogP contribution is -2.23. The van der Waals surface area contributed by atoms with Gasteiger partial charge >= 0.3 is 0 Å². The molecule has 0 radical (unpaired) electrons. The van der Waals surface area contributed by atoms with Gasteiger partial charge in [0.25, 0.3) is 5.91 Å². The summed E-state index contributed by atoms with van der Waals surface area (Å²) in [7, 11) is 1.38. The van der Waals surface area contributed by atoms with Gasteiger partial charge in [0.15, 0.2) is 0 Å². The van der Waals surface area contributed by atoms with Crippen LogP contribution in [0.4, 0.5) is 0 Å². The molecule has 1 N–H and O–H groups in total. The minimum absolute atomic E-state index is 0.224. The van der Waals surface area contributed by atoms with Crippen molar-refractivity contribution in [1.82, 2.24) is 5.48 Å². The van der Waals surface area contributed by atoms with E-state index in [9.17, 15) is 4.79 Å². The van der Waals surface area contributed by atoms with E-state index in [-0.39, 0.29) is 11.7 Å². The maximum absolute atomic E-state index is 11.1. The zero-order chi connectivity index (χ0) is 11.3. The van der Waals surface area contributed by atoms with Crippen LogP contribution in [0.2, 0.25) is 10.0 Å². The molecule has 0 spiro atoms. The van der Waals surface area contributed by atoms with E-state index >= 15 is 0 Å². The number of carbonyl (C=O) groups is 1. The molecule has 6 heteroatoms. The molecular formula is C9H9Cl2NO2S. The van der Waals surface area contributed by atoms with Crippen LogP contribution in [0.25, 0.3) is 0 Å². The number of amides is 1. The van der Waals surface area contributed by atoms with Crippen LogP contribution < -0.4 is 5.48 Å². The topological polar surface area (TPSA) is 38.3 Å². The molecule has 1 rings (SSSR count). The Morgan fingerprint density at radius 1 is 1.53 bits per heavy atom. The second-order valence-corrected chi connectivity index (χ2v) is 4.45. The van der Waals surface area contributed by atoms with Gasteiger partial charge < -0.3 is 0 Å². The van der Waals surface area contributed by atoms with Gasteiger partial charge in [0.05, 0.1) is 17.9 Å². The number of carbonyl (C=O) groups excluding carboxylic acids is 1. The maximum atomic E-state index is 11.1. The number of benzene rings is 1. The number of hydrogen-bond acceptors (Lipinski definition) is 3. The Balaban J connectivity index is 2.57. The molecule has 1 aromatic rings. The predicted octanol–water partition coefficient (Wildman–Crippen LogP) is 2.76. The first kappa shape index (κ1) is 12.6. The highest BCUT2D eigenvalue weighted by molar-refractivity contribution is 8.00. The Kier molecular flexibility index (Phi) is 5.25. The third-order valence-corrected chi connectivity index (χ3v) is 3.20. The summed E-state index contributed by atoms with van der Waals surface area (Å²) in [5, 5.41) is 1.17. The normalized spacial score (nSPS) is 10.1. The van der Waals surface area contributed by atoms with E-state index in [0.717, 1.165) is 4.90 Å². The van der Waals surface area contributed by atoms with Crippen LogP contribution in [-0.4, -0.2) is 18.8 Å². The van der Waals surface area contributed by atoms with Gasteiger partial charge in [-0.2, -0.15) is 0 Å². The third kappa shape index (κ3) is 4.30. The largest absolute Gasteiger partial charge is 0.277 e. The minimum atomic E-state index is -0.224. The molecule has 1 amide bonds. The Morgan fingerprint density at radius 3 is 2.93 bits per heavy atom. The summed E-state index contributed by atoms with van der Waals surface area (Å²) in [6.07, 6.45) is 0. The van der Waals surface area contributed by atoms with Crippen LogP contribution in [0.5, 0.6) is 0 Å². The highest BCUT2D eigenvalue weighted by Gasteiger charge is 2.05. The van der Waals surface area contributed by atoms with Gasteiger partial charge in [-0.15, -0.1) is 11.8 Å². The van der Waals surface area contributed by atoms with Crippen LogP contribution in [-0.2, 0) is 9.63 Å². The predicted molar refractivity (Wildman–Crippen MR) is 62.3 cm³/mol. The second-order valence-electron chi connectivity index (χ2n) is 2.59. The lowest BCUT2D eigenvalue weighted by Gasteiger charge is -2.04. The monoisotopic (exact) mass is 265 g/mol. The van der Waals surface area contributed by atoms with Gasteiger partial charge in [0, 0.05) is 9.92 Å². The Bertz CT molecular complexity index is 360. The van der Waals surface area contributed by atoms with Crippen molar-refractivity contribution in [3.8, 4) is 0 Å². The van der Waals surface area contributed by atoms with Crippen molar-refractivity contribution in [1.29, 1.82) is 0 Å². The van der Waals surface area contributed by atoms with E-state index < -0.39 is 0 Å². The summed E-state index contributed by atoms with van der Waals surface area (Å²) in [5.41, 5.74) is 2.21. The van der Waals surface area contributed by atoms with E-state index in [1.165, 1.54) is 18.9 Å². The van der Waals surface area contributed by atoms with Gasteiger partial charge in [-0.1, -0.05) is 23.2 Å². The van der Waals surface area contributed by atoms with E-state index in [0.29, 0.717) is 10.0 Å². The molecule has 82 valence electrons. The number of halogens is 2. The molecule has 1 aromatic carbocycles. The summed E-state index contributed by atoms with van der Waals surface area (Å²) in [6.45, 7) is 0. The summed E-state index contributed by atoms with van der Waals surface area (Å²) < 4.78 is 0. The van der Waals surface area contributed by atoms with Crippen LogP contribution >= 0.6 is 35.0 Å². The molecule has 3 nitrogen and oxygen atoms in total. The highest BCUT2D eigenvalue weighted by atomic mass is 35.5. The summed E-state index contributed by atoms with van der Waals surface area (Å²) in [5.74, 6) is 0.00649. The van der Waals surface area contributed by atoms with Crippen molar-refractivity contribution in [3.63, 3.8) is 0 Å². The van der Waals surface area contributed by atoms with Gasteiger partial charge in [-0.3, -0.25) is 9.63 Å². The zero-order valence-electron chi connectivity index (χ0n) is 7.92. The van der Waals surface area contributed by atoms with Crippen molar-refractivity contribution in [2.24, 2.45) is 0 Å². The van der Waals surface area contributed by atoms with Crippen molar-refractivity contribution >= 4 is 40.9 Å². The molecule has 0 saturated heterocycles. The molecule has 0 bridgehead atoms. The third-order valence-electron chi connectivity index (χ3n) is 1.47.